The van der Waals surface area contributed by atoms with E-state index >= 15 is 0 Å². The van der Waals surface area contributed by atoms with Crippen LogP contribution in [0, 0.1) is 0 Å². The van der Waals surface area contributed by atoms with Crippen molar-refractivity contribution < 1.29 is 32.5 Å². The molecule has 2 rings (SSSR count). The monoisotopic (exact) mass is 500 g/mol. The van der Waals surface area contributed by atoms with Gasteiger partial charge in [0.05, 0.1) is 0 Å². The Balaban J connectivity index is 2.29. The first-order valence-electron chi connectivity index (χ1n) is 8.94. The predicted octanol–water partition coefficient (Wildman–Crippen LogP) is 5.64. The van der Waals surface area contributed by atoms with Gasteiger partial charge in [-0.25, -0.2) is 0 Å². The molecule has 1 aromatic carbocycles. The standard InChI is InChI=1S/C19H24F3IO4/c1-3-17(2,23)16(25)27-18(9-5-4-6-10-18)13-7-8-15(14(24)11-13)26-12-19(20,21)22/h7-8,11,24H,3-6,9-10,12H2,1-2H3. The van der Waals surface area contributed by atoms with Gasteiger partial charge < -0.3 is 14.6 Å². The molecule has 4 nitrogen and oxygen atoms in total. The second-order valence-corrected chi connectivity index (χ2v) is 9.46. The molecule has 1 atom stereocenters. The maximum atomic E-state index is 12.7. The van der Waals surface area contributed by atoms with E-state index in [1.807, 2.05) is 6.92 Å². The molecule has 1 N–H and O–H groups in total. The molecule has 1 saturated carbocycles. The summed E-state index contributed by atoms with van der Waals surface area (Å²) < 4.78 is 46.9. The minimum absolute atomic E-state index is 0.249. The van der Waals surface area contributed by atoms with Gasteiger partial charge in [-0.3, -0.25) is 4.79 Å². The SMILES string of the molecule is CCC(C)(I)C(=O)OC1(c2ccc(OCC(F)(F)F)c(O)c2)CCCCC1. The smallest absolute Gasteiger partial charge is 0.422 e. The number of alkyl halides is 4. The highest BCUT2D eigenvalue weighted by molar-refractivity contribution is 14.1. The summed E-state index contributed by atoms with van der Waals surface area (Å²) in [4.78, 5) is 12.7. The van der Waals surface area contributed by atoms with Gasteiger partial charge in [-0.15, -0.1) is 0 Å². The number of phenolic OH excluding ortho intramolecular Hbond substituents is 1. The number of hydrogen-bond donors (Lipinski definition) is 1. The number of rotatable bonds is 6. The molecule has 0 bridgehead atoms. The van der Waals surface area contributed by atoms with E-state index in [0.717, 1.165) is 19.3 Å². The van der Waals surface area contributed by atoms with Crippen molar-refractivity contribution in [2.45, 2.75) is 67.6 Å². The van der Waals surface area contributed by atoms with Crippen molar-refractivity contribution in [3.05, 3.63) is 23.8 Å². The molecule has 1 aliphatic rings. The average molecular weight is 500 g/mol. The summed E-state index contributed by atoms with van der Waals surface area (Å²) in [5.41, 5.74) is -0.299. The molecule has 1 unspecified atom stereocenters. The Morgan fingerprint density at radius 2 is 1.89 bits per heavy atom. The van der Waals surface area contributed by atoms with Crippen molar-refractivity contribution >= 4 is 28.6 Å². The summed E-state index contributed by atoms with van der Waals surface area (Å²) >= 11 is 2.07. The van der Waals surface area contributed by atoms with E-state index < -0.39 is 27.6 Å². The molecular formula is C19H24F3IO4. The van der Waals surface area contributed by atoms with Crippen LogP contribution in [0.4, 0.5) is 13.2 Å². The molecule has 0 amide bonds. The zero-order valence-electron chi connectivity index (χ0n) is 15.4. The van der Waals surface area contributed by atoms with Crippen molar-refractivity contribution in [2.24, 2.45) is 0 Å². The van der Waals surface area contributed by atoms with Gasteiger partial charge in [0, 0.05) is 0 Å². The van der Waals surface area contributed by atoms with E-state index in [-0.39, 0.29) is 11.7 Å². The number of benzene rings is 1. The second-order valence-electron chi connectivity index (χ2n) is 7.08. The third-order valence-electron chi connectivity index (χ3n) is 4.92. The molecule has 0 saturated heterocycles. The van der Waals surface area contributed by atoms with Crippen LogP contribution in [0.2, 0.25) is 0 Å². The first-order chi connectivity index (χ1) is 12.5. The molecule has 0 aliphatic heterocycles. The molecule has 152 valence electrons. The quantitative estimate of drug-likeness (QED) is 0.312. The van der Waals surface area contributed by atoms with Gasteiger partial charge in [-0.1, -0.05) is 42.0 Å². The summed E-state index contributed by atoms with van der Waals surface area (Å²) in [5.74, 6) is -0.976. The number of hydrogen-bond acceptors (Lipinski definition) is 4. The third kappa shape index (κ3) is 5.65. The Hall–Kier alpha value is -1.19. The van der Waals surface area contributed by atoms with Crippen LogP contribution in [0.3, 0.4) is 0 Å². The molecule has 27 heavy (non-hydrogen) atoms. The van der Waals surface area contributed by atoms with Crippen molar-refractivity contribution in [3.8, 4) is 11.5 Å². The van der Waals surface area contributed by atoms with Gasteiger partial charge in [0.2, 0.25) is 0 Å². The molecule has 0 radical (unpaired) electrons. The number of carbonyl (C=O) groups excluding carboxylic acids is 1. The zero-order chi connectivity index (χ0) is 20.3. The van der Waals surface area contributed by atoms with Crippen LogP contribution in [0.25, 0.3) is 0 Å². The fourth-order valence-electron chi connectivity index (χ4n) is 3.08. The fourth-order valence-corrected chi connectivity index (χ4v) is 3.19. The lowest BCUT2D eigenvalue weighted by Crippen LogP contribution is -2.40. The van der Waals surface area contributed by atoms with Crippen LogP contribution in [0.15, 0.2) is 18.2 Å². The van der Waals surface area contributed by atoms with Gasteiger partial charge in [0.1, 0.15) is 9.02 Å². The number of halogens is 4. The summed E-state index contributed by atoms with van der Waals surface area (Å²) in [7, 11) is 0. The Morgan fingerprint density at radius 3 is 2.41 bits per heavy atom. The van der Waals surface area contributed by atoms with Crippen molar-refractivity contribution in [1.82, 2.24) is 0 Å². The molecule has 0 spiro atoms. The van der Waals surface area contributed by atoms with E-state index in [1.165, 1.54) is 12.1 Å². The third-order valence-corrected chi connectivity index (χ3v) is 6.12. The lowest BCUT2D eigenvalue weighted by molar-refractivity contribution is -0.167. The van der Waals surface area contributed by atoms with E-state index in [4.69, 9.17) is 4.74 Å². The highest BCUT2D eigenvalue weighted by Crippen LogP contribution is 2.44. The molecule has 1 aliphatic carbocycles. The van der Waals surface area contributed by atoms with Crippen molar-refractivity contribution in [3.63, 3.8) is 0 Å². The molecular weight excluding hydrogens is 476 g/mol. The van der Waals surface area contributed by atoms with Crippen LogP contribution in [-0.2, 0) is 15.1 Å². The fraction of sp³-hybridized carbons (Fsp3) is 0.632. The summed E-state index contributed by atoms with van der Waals surface area (Å²) in [5, 5.41) is 10.1. The van der Waals surface area contributed by atoms with Crippen LogP contribution in [-0.4, -0.2) is 27.3 Å². The van der Waals surface area contributed by atoms with Gasteiger partial charge in [-0.05, 0) is 56.7 Å². The number of phenols is 1. The molecule has 0 heterocycles. The first-order valence-corrected chi connectivity index (χ1v) is 10.0. The van der Waals surface area contributed by atoms with E-state index in [0.29, 0.717) is 24.8 Å². The van der Waals surface area contributed by atoms with Gasteiger partial charge >= 0.3 is 12.1 Å². The van der Waals surface area contributed by atoms with Gasteiger partial charge in [0.15, 0.2) is 18.1 Å². The Bertz CT molecular complexity index is 667. The molecule has 0 aromatic heterocycles. The number of ether oxygens (including phenoxy) is 2. The highest BCUT2D eigenvalue weighted by Gasteiger charge is 2.42. The first kappa shape index (κ1) is 22.1. The Labute approximate surface area is 170 Å². The van der Waals surface area contributed by atoms with E-state index in [9.17, 15) is 23.1 Å². The minimum atomic E-state index is -4.49. The number of esters is 1. The Morgan fingerprint density at radius 1 is 1.26 bits per heavy atom. The summed E-state index contributed by atoms with van der Waals surface area (Å²) in [6.07, 6.45) is 0.0883. The summed E-state index contributed by atoms with van der Waals surface area (Å²) in [6.45, 7) is 2.22. The highest BCUT2D eigenvalue weighted by atomic mass is 127. The van der Waals surface area contributed by atoms with Crippen molar-refractivity contribution in [2.75, 3.05) is 6.61 Å². The predicted molar refractivity (Wildman–Crippen MR) is 103 cm³/mol. The number of carbonyl (C=O) groups is 1. The average Bonchev–Trinajstić information content (AvgIpc) is 2.60. The van der Waals surface area contributed by atoms with Gasteiger partial charge in [0.25, 0.3) is 0 Å². The topological polar surface area (TPSA) is 55.8 Å². The molecule has 8 heteroatoms. The molecule has 1 fully saturated rings. The van der Waals surface area contributed by atoms with Crippen LogP contribution >= 0.6 is 22.6 Å². The minimum Gasteiger partial charge on any atom is -0.504 e. The Kier molecular flexibility index (Phi) is 6.91. The van der Waals surface area contributed by atoms with E-state index in [1.54, 1.807) is 13.0 Å². The van der Waals surface area contributed by atoms with Crippen LogP contribution in [0.1, 0.15) is 57.9 Å². The van der Waals surface area contributed by atoms with Gasteiger partial charge in [-0.2, -0.15) is 13.2 Å². The lowest BCUT2D eigenvalue weighted by atomic mass is 9.79. The molecule has 1 aromatic rings. The number of aromatic hydroxyl groups is 1. The van der Waals surface area contributed by atoms with Crippen molar-refractivity contribution in [1.29, 1.82) is 0 Å². The maximum Gasteiger partial charge on any atom is 0.422 e. The second kappa shape index (κ2) is 8.45. The van der Waals surface area contributed by atoms with Crippen LogP contribution in [0.5, 0.6) is 11.5 Å². The largest absolute Gasteiger partial charge is 0.504 e. The lowest BCUT2D eigenvalue weighted by Gasteiger charge is -2.39. The normalized spacial score (nSPS) is 19.2. The van der Waals surface area contributed by atoms with Crippen LogP contribution < -0.4 is 4.74 Å². The van der Waals surface area contributed by atoms with E-state index in [2.05, 4.69) is 27.3 Å². The zero-order valence-corrected chi connectivity index (χ0v) is 17.5. The summed E-state index contributed by atoms with van der Waals surface area (Å²) in [6, 6.07) is 4.21. The maximum absolute atomic E-state index is 12.7.